The van der Waals surface area contributed by atoms with Crippen molar-refractivity contribution in [2.45, 2.75) is 12.8 Å². The first-order valence-electron chi connectivity index (χ1n) is 14.1. The van der Waals surface area contributed by atoms with E-state index in [4.69, 9.17) is 4.74 Å². The Labute approximate surface area is 245 Å². The lowest BCUT2D eigenvalue weighted by molar-refractivity contribution is 0.0690. The number of aromatic amines is 1. The van der Waals surface area contributed by atoms with Gasteiger partial charge in [-0.2, -0.15) is 0 Å². The van der Waals surface area contributed by atoms with E-state index in [0.29, 0.717) is 19.4 Å². The summed E-state index contributed by atoms with van der Waals surface area (Å²) in [5, 5.41) is 13.2. The summed E-state index contributed by atoms with van der Waals surface area (Å²) in [6.07, 6.45) is 9.63. The minimum absolute atomic E-state index is 0.238. The third-order valence-electron chi connectivity index (χ3n) is 7.46. The minimum atomic E-state index is -0.956. The van der Waals surface area contributed by atoms with Crippen LogP contribution >= 0.6 is 0 Å². The first-order valence-corrected chi connectivity index (χ1v) is 14.1. The first kappa shape index (κ1) is 26.9. The standard InChI is InChI=1S/C38H31NO3/c40-38(41)37-34(20-10-26-42-35-21-9-16-30-15-6-7-18-32(30)35)33-19-8-17-31(36(33)39-37)25-24-29-14-5-4-13-28(29)23-22-27-11-2-1-3-12-27/h1-9,11-19,21-25,39H,10,20,26H2,(H,40,41)/b23-22+,25-24+. The summed E-state index contributed by atoms with van der Waals surface area (Å²) in [5.41, 5.74) is 6.14. The molecule has 0 aliphatic carbocycles. The quantitative estimate of drug-likeness (QED) is 0.132. The van der Waals surface area contributed by atoms with Gasteiger partial charge in [0.15, 0.2) is 0 Å². The van der Waals surface area contributed by atoms with E-state index in [1.807, 2.05) is 78.9 Å². The third kappa shape index (κ3) is 5.89. The van der Waals surface area contributed by atoms with Crippen LogP contribution in [0.5, 0.6) is 5.75 Å². The van der Waals surface area contributed by atoms with Gasteiger partial charge in [0.1, 0.15) is 11.4 Å². The number of ether oxygens (including phenoxy) is 1. The third-order valence-corrected chi connectivity index (χ3v) is 7.46. The second kappa shape index (κ2) is 12.4. The molecule has 0 bridgehead atoms. The highest BCUT2D eigenvalue weighted by molar-refractivity contribution is 6.01. The number of nitrogens with one attached hydrogen (secondary N) is 1. The van der Waals surface area contributed by atoms with Gasteiger partial charge in [-0.25, -0.2) is 4.79 Å². The number of aromatic carboxylic acids is 1. The molecule has 0 aliphatic rings. The van der Waals surface area contributed by atoms with Gasteiger partial charge in [0.05, 0.1) is 12.1 Å². The number of aromatic nitrogens is 1. The maximum Gasteiger partial charge on any atom is 0.352 e. The number of H-pyrrole nitrogens is 1. The Morgan fingerprint density at radius 1 is 0.667 bits per heavy atom. The van der Waals surface area contributed by atoms with E-state index in [1.165, 1.54) is 0 Å². The summed E-state index contributed by atoms with van der Waals surface area (Å²) in [5.74, 6) is -0.112. The van der Waals surface area contributed by atoms with Gasteiger partial charge in [0, 0.05) is 10.8 Å². The van der Waals surface area contributed by atoms with Crippen LogP contribution in [0.15, 0.2) is 115 Å². The molecule has 2 N–H and O–H groups in total. The maximum atomic E-state index is 12.2. The van der Waals surface area contributed by atoms with E-state index in [-0.39, 0.29) is 5.69 Å². The normalized spacial score (nSPS) is 11.6. The Kier molecular flexibility index (Phi) is 7.96. The molecule has 0 amide bonds. The van der Waals surface area contributed by atoms with Gasteiger partial charge >= 0.3 is 5.97 Å². The summed E-state index contributed by atoms with van der Waals surface area (Å²) in [4.78, 5) is 15.4. The molecule has 6 rings (SSSR count). The van der Waals surface area contributed by atoms with E-state index in [0.717, 1.165) is 55.2 Å². The number of carboxylic acid groups (broad SMARTS) is 1. The van der Waals surface area contributed by atoms with Gasteiger partial charge in [-0.05, 0) is 52.1 Å². The minimum Gasteiger partial charge on any atom is -0.493 e. The van der Waals surface area contributed by atoms with Crippen molar-refractivity contribution in [1.82, 2.24) is 4.98 Å². The summed E-state index contributed by atoms with van der Waals surface area (Å²) in [6.45, 7) is 0.493. The largest absolute Gasteiger partial charge is 0.493 e. The second-order valence-corrected chi connectivity index (χ2v) is 10.2. The predicted molar refractivity (Wildman–Crippen MR) is 174 cm³/mol. The molecule has 4 heteroatoms. The summed E-state index contributed by atoms with van der Waals surface area (Å²) in [7, 11) is 0. The molecule has 42 heavy (non-hydrogen) atoms. The van der Waals surface area contributed by atoms with Crippen LogP contribution in [-0.4, -0.2) is 22.7 Å². The fourth-order valence-electron chi connectivity index (χ4n) is 5.37. The van der Waals surface area contributed by atoms with E-state index in [1.54, 1.807) is 0 Å². The molecule has 0 saturated heterocycles. The molecule has 1 heterocycles. The Bertz CT molecular complexity index is 1910. The number of carbonyl (C=O) groups is 1. The molecule has 5 aromatic carbocycles. The Morgan fingerprint density at radius 3 is 2.10 bits per heavy atom. The van der Waals surface area contributed by atoms with Crippen LogP contribution in [0.2, 0.25) is 0 Å². The van der Waals surface area contributed by atoms with Gasteiger partial charge in [0.25, 0.3) is 0 Å². The lowest BCUT2D eigenvalue weighted by atomic mass is 10.0. The Hall–Kier alpha value is -5.35. The molecule has 0 aliphatic heterocycles. The van der Waals surface area contributed by atoms with Crippen LogP contribution in [0.4, 0.5) is 0 Å². The molecule has 0 saturated carbocycles. The Morgan fingerprint density at radius 2 is 1.29 bits per heavy atom. The summed E-state index contributed by atoms with van der Waals surface area (Å²) in [6, 6.07) is 38.6. The number of carboxylic acids is 1. The van der Waals surface area contributed by atoms with Gasteiger partial charge < -0.3 is 14.8 Å². The maximum absolute atomic E-state index is 12.2. The molecule has 6 aromatic rings. The van der Waals surface area contributed by atoms with Gasteiger partial charge in [-0.15, -0.1) is 0 Å². The molecule has 206 valence electrons. The van der Waals surface area contributed by atoms with E-state index < -0.39 is 5.97 Å². The molecule has 0 unspecified atom stereocenters. The molecule has 0 atom stereocenters. The molecule has 0 radical (unpaired) electrons. The topological polar surface area (TPSA) is 62.3 Å². The molecular formula is C38H31NO3. The van der Waals surface area contributed by atoms with Crippen LogP contribution in [0, 0.1) is 0 Å². The van der Waals surface area contributed by atoms with Crippen molar-refractivity contribution in [3.8, 4) is 5.75 Å². The van der Waals surface area contributed by atoms with E-state index in [9.17, 15) is 9.90 Å². The molecule has 0 fully saturated rings. The summed E-state index contributed by atoms with van der Waals surface area (Å²) < 4.78 is 6.13. The van der Waals surface area contributed by atoms with Crippen molar-refractivity contribution in [1.29, 1.82) is 0 Å². The van der Waals surface area contributed by atoms with Gasteiger partial charge in [0.2, 0.25) is 0 Å². The number of hydrogen-bond acceptors (Lipinski definition) is 2. The molecule has 1 aromatic heterocycles. The van der Waals surface area contributed by atoms with Crippen molar-refractivity contribution in [2.24, 2.45) is 0 Å². The van der Waals surface area contributed by atoms with Gasteiger partial charge in [-0.3, -0.25) is 0 Å². The number of benzene rings is 5. The van der Waals surface area contributed by atoms with Crippen molar-refractivity contribution in [2.75, 3.05) is 6.61 Å². The van der Waals surface area contributed by atoms with Crippen molar-refractivity contribution < 1.29 is 14.6 Å². The number of fused-ring (bicyclic) bond motifs is 2. The van der Waals surface area contributed by atoms with Crippen LogP contribution in [0.3, 0.4) is 0 Å². The summed E-state index contributed by atoms with van der Waals surface area (Å²) >= 11 is 0. The highest BCUT2D eigenvalue weighted by Gasteiger charge is 2.18. The van der Waals surface area contributed by atoms with Crippen LogP contribution in [-0.2, 0) is 6.42 Å². The number of aryl methyl sites for hydroxylation is 1. The first-order chi connectivity index (χ1) is 20.7. The zero-order valence-corrected chi connectivity index (χ0v) is 23.2. The number of hydrogen-bond donors (Lipinski definition) is 2. The zero-order chi connectivity index (χ0) is 28.7. The van der Waals surface area contributed by atoms with Crippen LogP contribution < -0.4 is 4.74 Å². The molecular weight excluding hydrogens is 518 g/mol. The highest BCUT2D eigenvalue weighted by Crippen LogP contribution is 2.29. The fourth-order valence-corrected chi connectivity index (χ4v) is 5.37. The lowest BCUT2D eigenvalue weighted by Gasteiger charge is -2.09. The van der Waals surface area contributed by atoms with Crippen LogP contribution in [0.1, 0.15) is 44.7 Å². The fraction of sp³-hybridized carbons (Fsp3) is 0.0789. The highest BCUT2D eigenvalue weighted by atomic mass is 16.5. The van der Waals surface area contributed by atoms with Gasteiger partial charge in [-0.1, -0.05) is 133 Å². The number of rotatable bonds is 10. The average molecular weight is 550 g/mol. The number of para-hydroxylation sites is 1. The average Bonchev–Trinajstić information content (AvgIpc) is 3.41. The van der Waals surface area contributed by atoms with Crippen molar-refractivity contribution >= 4 is 51.9 Å². The van der Waals surface area contributed by atoms with Crippen molar-refractivity contribution in [3.05, 3.63) is 149 Å². The molecule has 0 spiro atoms. The Balaban J connectivity index is 1.22. The molecule has 4 nitrogen and oxygen atoms in total. The van der Waals surface area contributed by atoms with Crippen molar-refractivity contribution in [3.63, 3.8) is 0 Å². The second-order valence-electron chi connectivity index (χ2n) is 10.2. The van der Waals surface area contributed by atoms with Crippen LogP contribution in [0.25, 0.3) is 46.0 Å². The smallest absolute Gasteiger partial charge is 0.352 e. The lowest BCUT2D eigenvalue weighted by Crippen LogP contribution is -2.04. The van der Waals surface area contributed by atoms with E-state index in [2.05, 4.69) is 65.7 Å². The van der Waals surface area contributed by atoms with E-state index >= 15 is 0 Å². The predicted octanol–water partition coefficient (Wildman–Crippen LogP) is 9.37. The monoisotopic (exact) mass is 549 g/mol. The SMILES string of the molecule is O=C(O)c1[nH]c2c(/C=C/c3ccccc3/C=C/c3ccccc3)cccc2c1CCCOc1cccc2ccccc12. The zero-order valence-electron chi connectivity index (χ0n) is 23.2.